The number of unbranched alkanes of at least 4 members (excludes halogenated alkanes) is 1. The van der Waals surface area contributed by atoms with Crippen molar-refractivity contribution in [2.45, 2.75) is 26.2 Å². The Morgan fingerprint density at radius 3 is 2.74 bits per heavy atom. The van der Waals surface area contributed by atoms with Crippen LogP contribution in [0, 0.1) is 0 Å². The third-order valence-electron chi connectivity index (χ3n) is 2.39. The fourth-order valence-electron chi connectivity index (χ4n) is 1.45. The van der Waals surface area contributed by atoms with Gasteiger partial charge < -0.3 is 15.2 Å². The minimum Gasteiger partial charge on any atom is -0.481 e. The van der Waals surface area contributed by atoms with E-state index >= 15 is 0 Å². The number of hydrogen-bond donors (Lipinski definition) is 2. The van der Waals surface area contributed by atoms with Gasteiger partial charge in [0.15, 0.2) is 0 Å². The van der Waals surface area contributed by atoms with Crippen LogP contribution in [0.2, 0.25) is 0 Å². The summed E-state index contributed by atoms with van der Waals surface area (Å²) in [6.07, 6.45) is 2.78. The van der Waals surface area contributed by atoms with Crippen molar-refractivity contribution in [1.29, 1.82) is 0 Å². The molecule has 0 aliphatic heterocycles. The number of nitrogens with one attached hydrogen (secondary N) is 1. The summed E-state index contributed by atoms with van der Waals surface area (Å²) >= 11 is 0. The van der Waals surface area contributed by atoms with Crippen LogP contribution in [0.5, 0.6) is 5.88 Å². The standard InChI is InChI=1S/C13H18N2O4/c1-2-19-11-7-6-10(9-15-11)13(18)14-8-4-3-5-12(16)17/h6-7,9H,2-5,8H2,1H3,(H,14,18)(H,16,17). The van der Waals surface area contributed by atoms with Gasteiger partial charge in [-0.25, -0.2) is 4.98 Å². The zero-order chi connectivity index (χ0) is 14.1. The van der Waals surface area contributed by atoms with Crippen molar-refractivity contribution in [3.05, 3.63) is 23.9 Å². The molecule has 0 unspecified atom stereocenters. The third kappa shape index (κ3) is 5.85. The van der Waals surface area contributed by atoms with Crippen molar-refractivity contribution in [3.63, 3.8) is 0 Å². The van der Waals surface area contributed by atoms with Gasteiger partial charge in [-0.2, -0.15) is 0 Å². The predicted octanol–water partition coefficient (Wildman–Crippen LogP) is 1.46. The molecule has 0 aromatic carbocycles. The van der Waals surface area contributed by atoms with Crippen LogP contribution in [0.3, 0.4) is 0 Å². The van der Waals surface area contributed by atoms with Crippen LogP contribution in [0.1, 0.15) is 36.5 Å². The topological polar surface area (TPSA) is 88.5 Å². The molecule has 0 aliphatic rings. The van der Waals surface area contributed by atoms with Crippen molar-refractivity contribution in [2.75, 3.05) is 13.2 Å². The van der Waals surface area contributed by atoms with E-state index in [9.17, 15) is 9.59 Å². The number of ether oxygens (including phenoxy) is 1. The molecule has 0 saturated heterocycles. The lowest BCUT2D eigenvalue weighted by molar-refractivity contribution is -0.137. The Bertz CT molecular complexity index is 417. The molecule has 6 heteroatoms. The molecule has 6 nitrogen and oxygen atoms in total. The van der Waals surface area contributed by atoms with Gasteiger partial charge in [0, 0.05) is 25.2 Å². The normalized spacial score (nSPS) is 9.95. The second kappa shape index (κ2) is 8.07. The minimum absolute atomic E-state index is 0.125. The van der Waals surface area contributed by atoms with Crippen LogP contribution in [-0.2, 0) is 4.79 Å². The number of carbonyl (C=O) groups is 2. The highest BCUT2D eigenvalue weighted by Gasteiger charge is 2.06. The maximum absolute atomic E-state index is 11.7. The lowest BCUT2D eigenvalue weighted by Gasteiger charge is -2.05. The van der Waals surface area contributed by atoms with Crippen molar-refractivity contribution in [2.24, 2.45) is 0 Å². The van der Waals surface area contributed by atoms with E-state index in [2.05, 4.69) is 10.3 Å². The fourth-order valence-corrected chi connectivity index (χ4v) is 1.45. The van der Waals surface area contributed by atoms with Gasteiger partial charge in [-0.3, -0.25) is 9.59 Å². The Labute approximate surface area is 111 Å². The van der Waals surface area contributed by atoms with E-state index in [-0.39, 0.29) is 12.3 Å². The van der Waals surface area contributed by atoms with E-state index in [0.29, 0.717) is 37.4 Å². The number of carbonyl (C=O) groups excluding carboxylic acids is 1. The van der Waals surface area contributed by atoms with Gasteiger partial charge in [0.2, 0.25) is 5.88 Å². The summed E-state index contributed by atoms with van der Waals surface area (Å²) in [5.41, 5.74) is 0.460. The monoisotopic (exact) mass is 266 g/mol. The molecule has 1 heterocycles. The van der Waals surface area contributed by atoms with E-state index in [1.807, 2.05) is 6.92 Å². The predicted molar refractivity (Wildman–Crippen MR) is 69.2 cm³/mol. The number of hydrogen-bond acceptors (Lipinski definition) is 4. The van der Waals surface area contributed by atoms with Gasteiger partial charge in [-0.15, -0.1) is 0 Å². The molecular formula is C13H18N2O4. The number of amides is 1. The van der Waals surface area contributed by atoms with Crippen molar-refractivity contribution < 1.29 is 19.4 Å². The van der Waals surface area contributed by atoms with Gasteiger partial charge >= 0.3 is 5.97 Å². The third-order valence-corrected chi connectivity index (χ3v) is 2.39. The molecule has 2 N–H and O–H groups in total. The van der Waals surface area contributed by atoms with E-state index in [4.69, 9.17) is 9.84 Å². The van der Waals surface area contributed by atoms with E-state index in [1.165, 1.54) is 6.20 Å². The molecule has 0 radical (unpaired) electrons. The van der Waals surface area contributed by atoms with Gasteiger partial charge in [0.1, 0.15) is 0 Å². The Balaban J connectivity index is 2.30. The SMILES string of the molecule is CCOc1ccc(C(=O)NCCCCC(=O)O)cn1. The van der Waals surface area contributed by atoms with Crippen molar-refractivity contribution in [3.8, 4) is 5.88 Å². The summed E-state index contributed by atoms with van der Waals surface area (Å²) in [5, 5.41) is 11.2. The highest BCUT2D eigenvalue weighted by molar-refractivity contribution is 5.93. The van der Waals surface area contributed by atoms with Crippen molar-refractivity contribution >= 4 is 11.9 Å². The van der Waals surface area contributed by atoms with Crippen LogP contribution >= 0.6 is 0 Å². The first kappa shape index (κ1) is 14.9. The fraction of sp³-hybridized carbons (Fsp3) is 0.462. The van der Waals surface area contributed by atoms with Crippen LogP contribution in [0.15, 0.2) is 18.3 Å². The average Bonchev–Trinajstić information content (AvgIpc) is 2.39. The van der Waals surface area contributed by atoms with E-state index in [1.54, 1.807) is 12.1 Å². The van der Waals surface area contributed by atoms with Crippen LogP contribution in [-0.4, -0.2) is 35.1 Å². The van der Waals surface area contributed by atoms with Gasteiger partial charge in [-0.05, 0) is 25.8 Å². The molecule has 0 fully saturated rings. The molecule has 0 aliphatic carbocycles. The number of pyridine rings is 1. The summed E-state index contributed by atoms with van der Waals surface area (Å²) in [5.74, 6) is -0.548. The molecule has 19 heavy (non-hydrogen) atoms. The molecule has 104 valence electrons. The Hall–Kier alpha value is -2.11. The zero-order valence-corrected chi connectivity index (χ0v) is 10.9. The van der Waals surface area contributed by atoms with E-state index < -0.39 is 5.97 Å². The molecule has 1 amide bonds. The molecule has 1 aromatic heterocycles. The van der Waals surface area contributed by atoms with Crippen LogP contribution in [0.25, 0.3) is 0 Å². The molecule has 0 bridgehead atoms. The number of carboxylic acid groups (broad SMARTS) is 1. The van der Waals surface area contributed by atoms with Crippen LogP contribution in [0.4, 0.5) is 0 Å². The quantitative estimate of drug-likeness (QED) is 0.695. The highest BCUT2D eigenvalue weighted by atomic mass is 16.5. The summed E-state index contributed by atoms with van der Waals surface area (Å²) in [7, 11) is 0. The van der Waals surface area contributed by atoms with Gasteiger partial charge in [-0.1, -0.05) is 0 Å². The van der Waals surface area contributed by atoms with Crippen LogP contribution < -0.4 is 10.1 Å². The van der Waals surface area contributed by atoms with Gasteiger partial charge in [0.25, 0.3) is 5.91 Å². The largest absolute Gasteiger partial charge is 0.481 e. The summed E-state index contributed by atoms with van der Waals surface area (Å²) in [6, 6.07) is 3.29. The average molecular weight is 266 g/mol. The summed E-state index contributed by atoms with van der Waals surface area (Å²) < 4.78 is 5.18. The molecule has 1 rings (SSSR count). The summed E-state index contributed by atoms with van der Waals surface area (Å²) in [4.78, 5) is 26.0. The number of carboxylic acids is 1. The number of aromatic nitrogens is 1. The number of rotatable bonds is 8. The molecule has 0 saturated carbocycles. The Morgan fingerprint density at radius 1 is 1.37 bits per heavy atom. The number of nitrogens with zero attached hydrogens (tertiary/aromatic N) is 1. The van der Waals surface area contributed by atoms with Gasteiger partial charge in [0.05, 0.1) is 12.2 Å². The first-order chi connectivity index (χ1) is 9.13. The van der Waals surface area contributed by atoms with Crippen molar-refractivity contribution in [1.82, 2.24) is 10.3 Å². The Morgan fingerprint density at radius 2 is 2.16 bits per heavy atom. The lowest BCUT2D eigenvalue weighted by Crippen LogP contribution is -2.24. The number of aliphatic carboxylic acids is 1. The highest BCUT2D eigenvalue weighted by Crippen LogP contribution is 2.07. The minimum atomic E-state index is -0.818. The smallest absolute Gasteiger partial charge is 0.303 e. The second-order valence-electron chi connectivity index (χ2n) is 3.92. The zero-order valence-electron chi connectivity index (χ0n) is 10.9. The lowest BCUT2D eigenvalue weighted by atomic mass is 10.2. The Kier molecular flexibility index (Phi) is 6.35. The first-order valence-corrected chi connectivity index (χ1v) is 6.22. The molecular weight excluding hydrogens is 248 g/mol. The molecule has 1 aromatic rings. The molecule has 0 spiro atoms. The molecule has 0 atom stereocenters. The second-order valence-corrected chi connectivity index (χ2v) is 3.92. The summed E-state index contributed by atoms with van der Waals surface area (Å²) in [6.45, 7) is 2.85. The maximum Gasteiger partial charge on any atom is 0.303 e. The first-order valence-electron chi connectivity index (χ1n) is 6.22. The maximum atomic E-state index is 11.7. The van der Waals surface area contributed by atoms with E-state index in [0.717, 1.165) is 0 Å².